The number of ether oxygens (including phenoxy) is 4. The molecule has 0 bridgehead atoms. The van der Waals surface area contributed by atoms with Gasteiger partial charge < -0.3 is 33.8 Å². The number of hydrogen-bond acceptors (Lipinski definition) is 15. The SMILES string of the molecule is CCCCCCCCCCCCCCCCCCCCCCC(=O)O[C@H](COC(=O)CCCCCCCCCCC(C)CC)COP(=O)(O)OC[C@@H](O)COP(=O)(O)OC[C@@H](COC(=O)CCCCCCC)OC(=O)CCCCCCCCCCCCC. The molecule has 0 heterocycles. The van der Waals surface area contributed by atoms with E-state index >= 15 is 0 Å². The lowest BCUT2D eigenvalue weighted by Crippen LogP contribution is -2.30. The summed E-state index contributed by atoms with van der Waals surface area (Å²) in [7, 11) is -9.89. The average Bonchev–Trinajstić information content (AvgIpc) is 3.51. The fourth-order valence-electron chi connectivity index (χ4n) is 10.4. The third-order valence-electron chi connectivity index (χ3n) is 16.4. The Labute approximate surface area is 537 Å². The van der Waals surface area contributed by atoms with Crippen LogP contribution < -0.4 is 0 Å². The summed E-state index contributed by atoms with van der Waals surface area (Å²) in [6, 6.07) is 0. The summed E-state index contributed by atoms with van der Waals surface area (Å²) in [6.45, 7) is 7.15. The molecule has 0 fully saturated rings. The molecule has 17 nitrogen and oxygen atoms in total. The van der Waals surface area contributed by atoms with E-state index in [1.807, 2.05) is 0 Å². The fourth-order valence-corrected chi connectivity index (χ4v) is 12.0. The molecular formula is C69H134O17P2. The molecule has 0 aromatic rings. The van der Waals surface area contributed by atoms with Gasteiger partial charge in [0, 0.05) is 25.7 Å². The maximum Gasteiger partial charge on any atom is 0.472 e. The molecule has 0 spiro atoms. The van der Waals surface area contributed by atoms with E-state index in [2.05, 4.69) is 34.6 Å². The van der Waals surface area contributed by atoms with E-state index in [0.717, 1.165) is 102 Å². The van der Waals surface area contributed by atoms with Crippen LogP contribution in [0.2, 0.25) is 0 Å². The highest BCUT2D eigenvalue weighted by Gasteiger charge is 2.30. The first-order valence-corrected chi connectivity index (χ1v) is 39.2. The van der Waals surface area contributed by atoms with Gasteiger partial charge in [-0.1, -0.05) is 304 Å². The Hall–Kier alpha value is -1.94. The van der Waals surface area contributed by atoms with E-state index in [9.17, 15) is 43.2 Å². The largest absolute Gasteiger partial charge is 0.472 e. The molecule has 3 unspecified atom stereocenters. The van der Waals surface area contributed by atoms with Gasteiger partial charge in [-0.05, 0) is 31.6 Å². The second kappa shape index (κ2) is 62.5. The zero-order chi connectivity index (χ0) is 64.9. The van der Waals surface area contributed by atoms with Crippen molar-refractivity contribution in [2.75, 3.05) is 39.6 Å². The van der Waals surface area contributed by atoms with Crippen molar-refractivity contribution >= 4 is 39.5 Å². The second-order valence-electron chi connectivity index (χ2n) is 25.2. The van der Waals surface area contributed by atoms with E-state index < -0.39 is 97.5 Å². The molecule has 0 aliphatic heterocycles. The molecule has 0 rings (SSSR count). The molecule has 6 atom stereocenters. The lowest BCUT2D eigenvalue weighted by atomic mass is 9.99. The molecule has 0 saturated heterocycles. The minimum absolute atomic E-state index is 0.106. The predicted molar refractivity (Wildman–Crippen MR) is 354 cm³/mol. The number of carbonyl (C=O) groups excluding carboxylic acids is 4. The highest BCUT2D eigenvalue weighted by molar-refractivity contribution is 7.47. The maximum atomic E-state index is 13.0. The van der Waals surface area contributed by atoms with Gasteiger partial charge in [0.2, 0.25) is 0 Å². The lowest BCUT2D eigenvalue weighted by molar-refractivity contribution is -0.161. The van der Waals surface area contributed by atoms with Gasteiger partial charge in [-0.15, -0.1) is 0 Å². The number of unbranched alkanes of at least 4 members (excludes halogenated alkanes) is 40. The smallest absolute Gasteiger partial charge is 0.462 e. The van der Waals surface area contributed by atoms with Crippen LogP contribution in [0.1, 0.15) is 356 Å². The summed E-state index contributed by atoms with van der Waals surface area (Å²) in [4.78, 5) is 72.2. The Kier molecular flexibility index (Phi) is 61.1. The van der Waals surface area contributed by atoms with Gasteiger partial charge in [-0.3, -0.25) is 37.3 Å². The van der Waals surface area contributed by atoms with Crippen LogP contribution in [-0.2, 0) is 65.4 Å². The second-order valence-corrected chi connectivity index (χ2v) is 28.1. The first-order chi connectivity index (χ1) is 42.6. The number of phosphoric ester groups is 2. The molecule has 0 aliphatic carbocycles. The van der Waals surface area contributed by atoms with Gasteiger partial charge in [-0.25, -0.2) is 9.13 Å². The van der Waals surface area contributed by atoms with Crippen LogP contribution >= 0.6 is 15.6 Å². The van der Waals surface area contributed by atoms with Crippen molar-refractivity contribution in [2.24, 2.45) is 5.92 Å². The van der Waals surface area contributed by atoms with Crippen LogP contribution in [0.3, 0.4) is 0 Å². The quantitative estimate of drug-likeness (QED) is 0.0222. The van der Waals surface area contributed by atoms with E-state index in [1.165, 1.54) is 173 Å². The molecule has 0 radical (unpaired) electrons. The van der Waals surface area contributed by atoms with Crippen LogP contribution in [-0.4, -0.2) is 96.7 Å². The maximum absolute atomic E-state index is 13.0. The Morgan fingerprint density at radius 3 is 0.807 bits per heavy atom. The highest BCUT2D eigenvalue weighted by Crippen LogP contribution is 2.45. The van der Waals surface area contributed by atoms with Crippen molar-refractivity contribution < 1.29 is 80.2 Å². The van der Waals surface area contributed by atoms with Crippen molar-refractivity contribution in [1.29, 1.82) is 0 Å². The summed E-state index contributed by atoms with van der Waals surface area (Å²) in [5.41, 5.74) is 0. The standard InChI is InChI=1S/C69H134O17P2/c1-6-10-13-16-18-20-22-23-24-25-26-27-28-29-30-32-34-40-45-50-55-69(74)86-65(59-80-67(72)53-48-43-38-36-35-37-42-46-51-62(5)9-4)61-84-88(77,78)82-57-63(70)56-81-87(75,76)83-60-64(58-79-66(71)52-47-41-15-12-8-3)85-68(73)54-49-44-39-33-31-21-19-17-14-11-7-2/h62-65,70H,6-61H2,1-5H3,(H,75,76)(H,77,78)/t62?,63-,64+,65+/m0/s1. The average molecular weight is 1300 g/mol. The summed E-state index contributed by atoms with van der Waals surface area (Å²) in [5.74, 6) is -1.36. The third-order valence-corrected chi connectivity index (χ3v) is 18.3. The third kappa shape index (κ3) is 61.6. The molecule has 88 heavy (non-hydrogen) atoms. The van der Waals surface area contributed by atoms with Crippen molar-refractivity contribution in [3.05, 3.63) is 0 Å². The molecule has 0 saturated carbocycles. The van der Waals surface area contributed by atoms with Crippen LogP contribution in [0.15, 0.2) is 0 Å². The van der Waals surface area contributed by atoms with Crippen molar-refractivity contribution in [2.45, 2.75) is 374 Å². The summed E-state index contributed by atoms with van der Waals surface area (Å²) in [6.07, 6.45) is 49.0. The summed E-state index contributed by atoms with van der Waals surface area (Å²) in [5, 5.41) is 10.5. The van der Waals surface area contributed by atoms with E-state index in [1.54, 1.807) is 0 Å². The van der Waals surface area contributed by atoms with Crippen LogP contribution in [0.25, 0.3) is 0 Å². The summed E-state index contributed by atoms with van der Waals surface area (Å²) < 4.78 is 68.0. The van der Waals surface area contributed by atoms with E-state index in [-0.39, 0.29) is 25.7 Å². The highest BCUT2D eigenvalue weighted by atomic mass is 31.2. The van der Waals surface area contributed by atoms with Gasteiger partial charge in [0.05, 0.1) is 26.4 Å². The van der Waals surface area contributed by atoms with Gasteiger partial charge >= 0.3 is 39.5 Å². The molecule has 0 aromatic heterocycles. The molecule has 0 aromatic carbocycles. The first kappa shape index (κ1) is 86.1. The first-order valence-electron chi connectivity index (χ1n) is 36.2. The topological polar surface area (TPSA) is 237 Å². The van der Waals surface area contributed by atoms with Crippen molar-refractivity contribution in [3.63, 3.8) is 0 Å². The molecule has 19 heteroatoms. The summed E-state index contributed by atoms with van der Waals surface area (Å²) >= 11 is 0. The number of esters is 4. The fraction of sp³-hybridized carbons (Fsp3) is 0.942. The van der Waals surface area contributed by atoms with E-state index in [4.69, 9.17) is 37.0 Å². The number of aliphatic hydroxyl groups is 1. The number of phosphoric acid groups is 2. The van der Waals surface area contributed by atoms with Crippen molar-refractivity contribution in [3.8, 4) is 0 Å². The normalized spacial score (nSPS) is 14.4. The Morgan fingerprint density at radius 1 is 0.318 bits per heavy atom. The molecule has 0 amide bonds. The van der Waals surface area contributed by atoms with Crippen LogP contribution in [0.4, 0.5) is 0 Å². The van der Waals surface area contributed by atoms with E-state index in [0.29, 0.717) is 25.7 Å². The number of rotatable bonds is 69. The minimum Gasteiger partial charge on any atom is -0.462 e. The van der Waals surface area contributed by atoms with Gasteiger partial charge in [0.25, 0.3) is 0 Å². The zero-order valence-corrected chi connectivity index (χ0v) is 58.6. The molecule has 3 N–H and O–H groups in total. The molecular weight excluding hydrogens is 1160 g/mol. The van der Waals surface area contributed by atoms with Crippen LogP contribution in [0, 0.1) is 5.92 Å². The van der Waals surface area contributed by atoms with Crippen LogP contribution in [0.5, 0.6) is 0 Å². The Morgan fingerprint density at radius 2 is 0.545 bits per heavy atom. The van der Waals surface area contributed by atoms with Crippen molar-refractivity contribution in [1.82, 2.24) is 0 Å². The Bertz CT molecular complexity index is 1710. The van der Waals surface area contributed by atoms with Gasteiger partial charge in [-0.2, -0.15) is 0 Å². The monoisotopic (exact) mass is 1300 g/mol. The van der Waals surface area contributed by atoms with Gasteiger partial charge in [0.1, 0.15) is 19.3 Å². The predicted octanol–water partition coefficient (Wildman–Crippen LogP) is 19.7. The Balaban J connectivity index is 5.12. The lowest BCUT2D eigenvalue weighted by Gasteiger charge is -2.21. The number of aliphatic hydroxyl groups excluding tert-OH is 1. The number of hydrogen-bond donors (Lipinski definition) is 3. The zero-order valence-electron chi connectivity index (χ0n) is 56.9. The number of carbonyl (C=O) groups is 4. The minimum atomic E-state index is -4.95. The molecule has 0 aliphatic rings. The van der Waals surface area contributed by atoms with Gasteiger partial charge in [0.15, 0.2) is 12.2 Å². The molecule has 522 valence electrons.